The van der Waals surface area contributed by atoms with E-state index in [1.807, 2.05) is 35.7 Å². The number of fused-ring (bicyclic) bond motifs is 1. The molecule has 1 N–H and O–H groups in total. The third kappa shape index (κ3) is 4.33. The molecule has 26 heavy (non-hydrogen) atoms. The number of esters is 1. The maximum absolute atomic E-state index is 12.5. The van der Waals surface area contributed by atoms with Gasteiger partial charge < -0.3 is 10.1 Å². The molecule has 1 heterocycles. The van der Waals surface area contributed by atoms with E-state index in [0.29, 0.717) is 12.1 Å². The molecule has 138 valence electrons. The summed E-state index contributed by atoms with van der Waals surface area (Å²) in [6.07, 6.45) is 3.46. The van der Waals surface area contributed by atoms with E-state index in [1.165, 1.54) is 16.9 Å². The van der Waals surface area contributed by atoms with E-state index in [-0.39, 0.29) is 17.8 Å². The van der Waals surface area contributed by atoms with Crippen LogP contribution in [0.15, 0.2) is 35.7 Å². The molecule has 1 aromatic carbocycles. The van der Waals surface area contributed by atoms with Gasteiger partial charge in [0.25, 0.3) is 5.91 Å². The first-order valence-corrected chi connectivity index (χ1v) is 10.1. The van der Waals surface area contributed by atoms with Crippen LogP contribution in [0.4, 0.5) is 0 Å². The molecule has 4 nitrogen and oxygen atoms in total. The number of ether oxygens (including phenoxy) is 1. The number of rotatable bonds is 6. The average Bonchev–Trinajstić information content (AvgIpc) is 3.10. The van der Waals surface area contributed by atoms with E-state index in [2.05, 4.69) is 12.2 Å². The Labute approximate surface area is 158 Å². The standard InChI is InChI=1S/C21H25NO3S/c1-14(16-8-4-3-5-9-16)12-22-20(23)15(2)25-21(24)18-13-26-19-11-7-6-10-17(18)19/h3-5,8-9,13-15H,6-7,10-12H2,1-2H3,(H,22,23)/t14-,15-/m1/s1. The van der Waals surface area contributed by atoms with Gasteiger partial charge in [-0.05, 0) is 49.7 Å². The summed E-state index contributed by atoms with van der Waals surface area (Å²) < 4.78 is 5.42. The second kappa shape index (κ2) is 8.49. The van der Waals surface area contributed by atoms with Gasteiger partial charge >= 0.3 is 5.97 Å². The lowest BCUT2D eigenvalue weighted by Gasteiger charge is -2.17. The second-order valence-corrected chi connectivity index (χ2v) is 7.83. The van der Waals surface area contributed by atoms with E-state index in [4.69, 9.17) is 4.74 Å². The Hall–Kier alpha value is -2.14. The van der Waals surface area contributed by atoms with Gasteiger partial charge in [-0.3, -0.25) is 4.79 Å². The molecule has 0 fully saturated rings. The molecule has 1 aliphatic rings. The van der Waals surface area contributed by atoms with Crippen LogP contribution in [0, 0.1) is 0 Å². The van der Waals surface area contributed by atoms with Crippen molar-refractivity contribution in [3.05, 3.63) is 57.3 Å². The lowest BCUT2D eigenvalue weighted by Crippen LogP contribution is -2.37. The highest BCUT2D eigenvalue weighted by Gasteiger charge is 2.24. The van der Waals surface area contributed by atoms with Crippen LogP contribution in [0.2, 0.25) is 0 Å². The topological polar surface area (TPSA) is 55.4 Å². The zero-order chi connectivity index (χ0) is 18.5. The van der Waals surface area contributed by atoms with Gasteiger partial charge in [0.2, 0.25) is 0 Å². The number of amides is 1. The molecule has 2 aromatic rings. The lowest BCUT2D eigenvalue weighted by atomic mass is 9.96. The number of hydrogen-bond donors (Lipinski definition) is 1. The van der Waals surface area contributed by atoms with Crippen LogP contribution in [0.25, 0.3) is 0 Å². The molecular formula is C21H25NO3S. The van der Waals surface area contributed by atoms with E-state index >= 15 is 0 Å². The lowest BCUT2D eigenvalue weighted by molar-refractivity contribution is -0.129. The summed E-state index contributed by atoms with van der Waals surface area (Å²) >= 11 is 1.63. The summed E-state index contributed by atoms with van der Waals surface area (Å²) in [5, 5.41) is 4.76. The molecule has 3 rings (SSSR count). The maximum Gasteiger partial charge on any atom is 0.340 e. The van der Waals surface area contributed by atoms with Crippen LogP contribution in [0.1, 0.15) is 59.0 Å². The number of carbonyl (C=O) groups excluding carboxylic acids is 2. The molecular weight excluding hydrogens is 346 g/mol. The Kier molecular flexibility index (Phi) is 6.09. The largest absolute Gasteiger partial charge is 0.449 e. The molecule has 5 heteroatoms. The second-order valence-electron chi connectivity index (χ2n) is 6.86. The average molecular weight is 372 g/mol. The van der Waals surface area contributed by atoms with Gasteiger partial charge in [0.05, 0.1) is 5.56 Å². The third-order valence-corrected chi connectivity index (χ3v) is 5.97. The SMILES string of the molecule is C[C@H](CNC(=O)[C@@H](C)OC(=O)c1csc2c1CCCC2)c1ccccc1. The molecule has 0 unspecified atom stereocenters. The minimum atomic E-state index is -0.801. The smallest absolute Gasteiger partial charge is 0.340 e. The van der Waals surface area contributed by atoms with Crippen LogP contribution in [0.3, 0.4) is 0 Å². The Morgan fingerprint density at radius 2 is 1.88 bits per heavy atom. The van der Waals surface area contributed by atoms with Crippen molar-refractivity contribution in [3.8, 4) is 0 Å². The van der Waals surface area contributed by atoms with E-state index < -0.39 is 6.10 Å². The van der Waals surface area contributed by atoms with Crippen molar-refractivity contribution < 1.29 is 14.3 Å². The zero-order valence-corrected chi connectivity index (χ0v) is 16.1. The summed E-state index contributed by atoms with van der Waals surface area (Å²) in [4.78, 5) is 26.0. The first-order valence-electron chi connectivity index (χ1n) is 9.19. The quantitative estimate of drug-likeness (QED) is 0.778. The summed E-state index contributed by atoms with van der Waals surface area (Å²) in [6, 6.07) is 10.0. The van der Waals surface area contributed by atoms with Crippen LogP contribution in [0.5, 0.6) is 0 Å². The van der Waals surface area contributed by atoms with E-state index in [0.717, 1.165) is 24.8 Å². The normalized spacial score (nSPS) is 15.6. The van der Waals surface area contributed by atoms with Crippen molar-refractivity contribution >= 4 is 23.2 Å². The van der Waals surface area contributed by atoms with E-state index in [1.54, 1.807) is 18.3 Å². The number of carbonyl (C=O) groups is 2. The van der Waals surface area contributed by atoms with Crippen LogP contribution in [-0.2, 0) is 22.4 Å². The van der Waals surface area contributed by atoms with Crippen LogP contribution >= 0.6 is 11.3 Å². The number of thiophene rings is 1. The molecule has 0 saturated carbocycles. The molecule has 0 spiro atoms. The molecule has 0 aliphatic heterocycles. The van der Waals surface area contributed by atoms with Gasteiger partial charge in [-0.1, -0.05) is 37.3 Å². The van der Waals surface area contributed by atoms with Gasteiger partial charge in [-0.15, -0.1) is 11.3 Å². The van der Waals surface area contributed by atoms with E-state index in [9.17, 15) is 9.59 Å². The number of aryl methyl sites for hydroxylation is 1. The maximum atomic E-state index is 12.5. The molecule has 2 atom stereocenters. The fraction of sp³-hybridized carbons (Fsp3) is 0.429. The molecule has 1 aliphatic carbocycles. The molecule has 0 saturated heterocycles. The van der Waals surface area contributed by atoms with Gasteiger partial charge in [-0.25, -0.2) is 4.79 Å². The monoisotopic (exact) mass is 371 g/mol. The minimum absolute atomic E-state index is 0.201. The Morgan fingerprint density at radius 1 is 1.15 bits per heavy atom. The van der Waals surface area contributed by atoms with Gasteiger partial charge in [0.1, 0.15) is 0 Å². The summed E-state index contributed by atoms with van der Waals surface area (Å²) in [6.45, 7) is 4.20. The fourth-order valence-electron chi connectivity index (χ4n) is 3.24. The van der Waals surface area contributed by atoms with Gasteiger partial charge in [-0.2, -0.15) is 0 Å². The first kappa shape index (κ1) is 18.6. The molecule has 1 amide bonds. The summed E-state index contributed by atoms with van der Waals surface area (Å²) in [5.74, 6) is -0.444. The van der Waals surface area contributed by atoms with Crippen molar-refractivity contribution in [1.29, 1.82) is 0 Å². The minimum Gasteiger partial charge on any atom is -0.449 e. The van der Waals surface area contributed by atoms with Crippen molar-refractivity contribution in [2.75, 3.05) is 6.54 Å². The molecule has 1 aromatic heterocycles. The number of benzene rings is 1. The predicted molar refractivity (Wildman–Crippen MR) is 104 cm³/mol. The van der Waals surface area contributed by atoms with Gasteiger partial charge in [0.15, 0.2) is 6.10 Å². The Morgan fingerprint density at radius 3 is 2.65 bits per heavy atom. The van der Waals surface area contributed by atoms with Crippen molar-refractivity contribution in [3.63, 3.8) is 0 Å². The Bertz CT molecular complexity index is 769. The predicted octanol–water partition coefficient (Wildman–Crippen LogP) is 4.09. The highest BCUT2D eigenvalue weighted by Crippen LogP contribution is 2.30. The first-order chi connectivity index (χ1) is 12.6. The highest BCUT2D eigenvalue weighted by atomic mass is 32.1. The third-order valence-electron chi connectivity index (χ3n) is 4.89. The van der Waals surface area contributed by atoms with Crippen molar-refractivity contribution in [1.82, 2.24) is 5.32 Å². The van der Waals surface area contributed by atoms with Crippen molar-refractivity contribution in [2.45, 2.75) is 51.6 Å². The van der Waals surface area contributed by atoms with Gasteiger partial charge in [0, 0.05) is 16.8 Å². The molecule has 0 bridgehead atoms. The summed E-state index contributed by atoms with van der Waals surface area (Å²) in [7, 11) is 0. The van der Waals surface area contributed by atoms with Crippen molar-refractivity contribution in [2.24, 2.45) is 0 Å². The zero-order valence-electron chi connectivity index (χ0n) is 15.3. The highest BCUT2D eigenvalue weighted by molar-refractivity contribution is 7.10. The summed E-state index contributed by atoms with van der Waals surface area (Å²) in [5.41, 5.74) is 2.93. The fourth-order valence-corrected chi connectivity index (χ4v) is 4.35. The Balaban J connectivity index is 1.52. The molecule has 0 radical (unpaired) electrons. The van der Waals surface area contributed by atoms with Crippen LogP contribution in [-0.4, -0.2) is 24.5 Å². The number of nitrogens with one attached hydrogen (secondary N) is 1. The number of hydrogen-bond acceptors (Lipinski definition) is 4. The van der Waals surface area contributed by atoms with Crippen LogP contribution < -0.4 is 5.32 Å².